The third-order valence-electron chi connectivity index (χ3n) is 20.4. The van der Waals surface area contributed by atoms with Gasteiger partial charge in [-0.25, -0.2) is 26.3 Å². The smallest absolute Gasteiger partial charge is 0.264 e. The zero-order chi connectivity index (χ0) is 62.1. The van der Waals surface area contributed by atoms with Crippen molar-refractivity contribution in [3.05, 3.63) is 141 Å². The largest absolute Gasteiger partial charge is 0.490 e. The van der Waals surface area contributed by atoms with Gasteiger partial charge in [0.25, 0.3) is 11.8 Å². The number of benzene rings is 4. The summed E-state index contributed by atoms with van der Waals surface area (Å²) in [5.74, 6) is 1.10. The molecule has 0 unspecified atom stereocenters. The van der Waals surface area contributed by atoms with E-state index in [2.05, 4.69) is 54.1 Å². The second-order valence-corrected chi connectivity index (χ2v) is 30.8. The molecule has 2 saturated carbocycles. The molecule has 2 spiro atoms. The van der Waals surface area contributed by atoms with E-state index in [0.717, 1.165) is 98.7 Å². The molecule has 0 radical (unpaired) electrons. The maximum atomic E-state index is 13.4. The number of ether oxygens (including phenoxy) is 2. The summed E-state index contributed by atoms with van der Waals surface area (Å²) in [6, 6.07) is 22.6. The SMILES string of the molecule is CC[C@@H]1CC/C=C/[C@@H](NC(C)=O)[C@@H]2CC[C@H]2CN2C[C@@]3(CCCc4cc(Cl)ccc43)COc3ccc(cc32)C(=O)NS1(=O)=O.CC[C@@H]1CC/C=C\[C@@H](NC(C)=O)[C@@H]2CC[C@H]2CN2C[C@@]3(CCCc4cc(Cl)ccc43)COc3ccc(cc32)C(=O)NS1(=O)=O. The molecule has 4 heterocycles. The highest BCUT2D eigenvalue weighted by Crippen LogP contribution is 2.49. The number of carbonyl (C=O) groups is 4. The molecule has 8 aliphatic rings. The standard InChI is InChI=1S/2C34H42ClN3O5S/c2*1-3-27-8-4-5-9-30(36-22(2)39)28-13-10-25(28)19-38-20-34(16-6-7-23-17-26(35)12-14-29(23)34)21-43-32-15-11-24(18-31(32)38)33(40)37-44(27,41)42/h2*5,9,11-12,14-15,17-18,25,27-28,30H,3-4,6-8,10,13,16,19-21H2,1-2H3,(H,36,39)(H,37,40)/b9-5+;9-5-/t2*25-,27+,28+,30+,34-/m00/s1. The highest BCUT2D eigenvalue weighted by molar-refractivity contribution is 7.91. The molecule has 12 rings (SSSR count). The number of hydrogen-bond acceptors (Lipinski definition) is 12. The number of allylic oxidation sites excluding steroid dienone is 2. The lowest BCUT2D eigenvalue weighted by molar-refractivity contribution is -0.121. The Balaban J connectivity index is 0.000000182. The van der Waals surface area contributed by atoms with E-state index in [1.54, 1.807) is 50.2 Å². The van der Waals surface area contributed by atoms with Gasteiger partial charge in [0, 0.05) is 72.0 Å². The Hall–Kier alpha value is -6.08. The van der Waals surface area contributed by atoms with E-state index in [-0.39, 0.29) is 57.7 Å². The normalized spacial score (nSPS) is 30.4. The molecule has 4 aliphatic carbocycles. The van der Waals surface area contributed by atoms with E-state index in [4.69, 9.17) is 32.7 Å². The summed E-state index contributed by atoms with van der Waals surface area (Å²) in [4.78, 5) is 56.0. The van der Waals surface area contributed by atoms with Gasteiger partial charge >= 0.3 is 0 Å². The Morgan fingerprint density at radius 3 is 1.39 bits per heavy atom. The van der Waals surface area contributed by atoms with Crippen LogP contribution in [-0.2, 0) is 53.3 Å². The fourth-order valence-electron chi connectivity index (χ4n) is 15.5. The zero-order valence-electron chi connectivity index (χ0n) is 51.0. The van der Waals surface area contributed by atoms with Crippen molar-refractivity contribution in [1.29, 1.82) is 0 Å². The number of halogens is 2. The average Bonchev–Trinajstić information content (AvgIpc) is 1.64. The van der Waals surface area contributed by atoms with Crippen LogP contribution >= 0.6 is 23.2 Å². The predicted octanol–water partition coefficient (Wildman–Crippen LogP) is 11.1. The molecule has 88 heavy (non-hydrogen) atoms. The molecular weight excluding hydrogens is 1200 g/mol. The van der Waals surface area contributed by atoms with E-state index in [1.165, 1.54) is 22.3 Å². The molecule has 4 N–H and O–H groups in total. The molecule has 10 atom stereocenters. The molecule has 4 aliphatic heterocycles. The van der Waals surface area contributed by atoms with E-state index in [0.29, 0.717) is 88.2 Å². The van der Waals surface area contributed by atoms with Crippen LogP contribution < -0.4 is 39.4 Å². The number of nitrogens with zero attached hydrogens (tertiary/aromatic N) is 2. The van der Waals surface area contributed by atoms with Crippen LogP contribution in [0.3, 0.4) is 0 Å². The van der Waals surface area contributed by atoms with Gasteiger partial charge in [0.15, 0.2) is 0 Å². The van der Waals surface area contributed by atoms with Crippen molar-refractivity contribution in [3.8, 4) is 11.5 Å². The van der Waals surface area contributed by atoms with Crippen molar-refractivity contribution >= 4 is 78.3 Å². The number of nitrogens with one attached hydrogen (secondary N) is 4. The minimum absolute atomic E-state index is 0.0778. The van der Waals surface area contributed by atoms with Crippen LogP contribution in [-0.4, -0.2) is 102 Å². The molecule has 472 valence electrons. The molecule has 16 nitrogen and oxygen atoms in total. The van der Waals surface area contributed by atoms with Gasteiger partial charge in [0.2, 0.25) is 31.9 Å². The van der Waals surface area contributed by atoms with Gasteiger partial charge in [0.05, 0.1) is 47.2 Å². The van der Waals surface area contributed by atoms with Crippen LogP contribution in [0.15, 0.2) is 97.1 Å². The Morgan fingerprint density at radius 2 is 1.01 bits per heavy atom. The van der Waals surface area contributed by atoms with Crippen LogP contribution in [0.25, 0.3) is 0 Å². The highest BCUT2D eigenvalue weighted by atomic mass is 35.5. The molecule has 4 bridgehead atoms. The van der Waals surface area contributed by atoms with E-state index >= 15 is 0 Å². The van der Waals surface area contributed by atoms with Crippen LogP contribution in [0, 0.1) is 23.7 Å². The van der Waals surface area contributed by atoms with Gasteiger partial charge in [-0.1, -0.05) is 73.5 Å². The third kappa shape index (κ3) is 13.5. The van der Waals surface area contributed by atoms with Crippen molar-refractivity contribution in [1.82, 2.24) is 20.1 Å². The van der Waals surface area contributed by atoms with Gasteiger partial charge in [-0.05, 0) is 209 Å². The number of carbonyl (C=O) groups excluding carboxylic acids is 4. The van der Waals surface area contributed by atoms with E-state index in [1.807, 2.05) is 50.3 Å². The molecule has 4 aromatic rings. The summed E-state index contributed by atoms with van der Waals surface area (Å²) < 4.78 is 71.0. The van der Waals surface area contributed by atoms with E-state index < -0.39 is 42.4 Å². The number of anilines is 2. The summed E-state index contributed by atoms with van der Waals surface area (Å²) in [6.07, 6.45) is 20.7. The van der Waals surface area contributed by atoms with Crippen LogP contribution in [0.5, 0.6) is 11.5 Å². The quantitative estimate of drug-likeness (QED) is 0.141. The fraction of sp³-hybridized carbons (Fsp3) is 0.529. The van der Waals surface area contributed by atoms with E-state index in [9.17, 15) is 36.0 Å². The summed E-state index contributed by atoms with van der Waals surface area (Å²) in [5.41, 5.74) is 6.64. The molecule has 2 fully saturated rings. The lowest BCUT2D eigenvalue weighted by atomic mass is 9.68. The van der Waals surface area contributed by atoms with Crippen LogP contribution in [0.1, 0.15) is 161 Å². The molecule has 20 heteroatoms. The summed E-state index contributed by atoms with van der Waals surface area (Å²) in [6.45, 7) is 10.6. The minimum Gasteiger partial charge on any atom is -0.490 e. The van der Waals surface area contributed by atoms with Crippen molar-refractivity contribution in [2.45, 2.75) is 164 Å². The zero-order valence-corrected chi connectivity index (χ0v) is 54.1. The first-order valence-corrected chi connectivity index (χ1v) is 35.6. The summed E-state index contributed by atoms with van der Waals surface area (Å²) in [5, 5.41) is 6.36. The Labute approximate surface area is 529 Å². The van der Waals surface area contributed by atoms with Crippen molar-refractivity contribution in [2.24, 2.45) is 23.7 Å². The second-order valence-electron chi connectivity index (χ2n) is 26.1. The first-order chi connectivity index (χ1) is 42.2. The lowest BCUT2D eigenvalue weighted by Crippen LogP contribution is -2.51. The monoisotopic (exact) mass is 1280 g/mol. The first-order valence-electron chi connectivity index (χ1n) is 31.8. The third-order valence-corrected chi connectivity index (χ3v) is 24.7. The molecule has 0 aromatic heterocycles. The molecule has 0 saturated heterocycles. The molecular formula is C68H84Cl2N6O10S2. The van der Waals surface area contributed by atoms with Crippen LogP contribution in [0.2, 0.25) is 10.0 Å². The first kappa shape index (κ1) is 63.5. The molecule has 4 aromatic carbocycles. The summed E-state index contributed by atoms with van der Waals surface area (Å²) in [7, 11) is -7.80. The number of sulfonamides is 2. The highest BCUT2D eigenvalue weighted by Gasteiger charge is 2.47. The number of rotatable bonds is 4. The number of aryl methyl sites for hydroxylation is 2. The topological polar surface area (TPSA) is 210 Å². The predicted molar refractivity (Wildman–Crippen MR) is 346 cm³/mol. The maximum absolute atomic E-state index is 13.4. The van der Waals surface area contributed by atoms with Gasteiger partial charge in [-0.2, -0.15) is 0 Å². The van der Waals surface area contributed by atoms with Gasteiger partial charge in [0.1, 0.15) is 11.5 Å². The van der Waals surface area contributed by atoms with Crippen molar-refractivity contribution in [2.75, 3.05) is 49.2 Å². The maximum Gasteiger partial charge on any atom is 0.264 e. The van der Waals surface area contributed by atoms with Crippen molar-refractivity contribution < 1.29 is 45.5 Å². The minimum atomic E-state index is -3.90. The Morgan fingerprint density at radius 1 is 0.591 bits per heavy atom. The van der Waals surface area contributed by atoms with Crippen molar-refractivity contribution in [3.63, 3.8) is 0 Å². The second kappa shape index (κ2) is 26.4. The van der Waals surface area contributed by atoms with Gasteiger partial charge in [-0.3, -0.25) is 19.2 Å². The van der Waals surface area contributed by atoms with Gasteiger partial charge in [-0.15, -0.1) is 0 Å². The number of amides is 4. The average molecular weight is 1280 g/mol. The number of hydrogen-bond donors (Lipinski definition) is 4. The lowest BCUT2D eigenvalue weighted by Gasteiger charge is -2.46. The van der Waals surface area contributed by atoms with Gasteiger partial charge < -0.3 is 29.9 Å². The fourth-order valence-corrected chi connectivity index (χ4v) is 18.7. The van der Waals surface area contributed by atoms with Crippen LogP contribution in [0.4, 0.5) is 11.4 Å². The number of fused-ring (bicyclic) bond motifs is 8. The molecule has 4 amide bonds. The summed E-state index contributed by atoms with van der Waals surface area (Å²) >= 11 is 12.8. The Bertz CT molecular complexity index is 3390. The Kier molecular flexibility index (Phi) is 19.0.